The van der Waals surface area contributed by atoms with E-state index in [0.29, 0.717) is 31.8 Å². The summed E-state index contributed by atoms with van der Waals surface area (Å²) < 4.78 is 11.2. The Labute approximate surface area is 133 Å². The normalized spacial score (nSPS) is 14.8. The van der Waals surface area contributed by atoms with Gasteiger partial charge in [-0.1, -0.05) is 6.07 Å². The van der Waals surface area contributed by atoms with E-state index in [0.717, 1.165) is 17.9 Å². The van der Waals surface area contributed by atoms with Crippen molar-refractivity contribution in [2.45, 2.75) is 39.2 Å². The molecule has 22 heavy (non-hydrogen) atoms. The number of nitrogens with zero attached hydrogens (tertiary/aromatic N) is 2. The Kier molecular flexibility index (Phi) is 5.92. The van der Waals surface area contributed by atoms with Gasteiger partial charge >= 0.3 is 0 Å². The number of ether oxygens (including phenoxy) is 2. The van der Waals surface area contributed by atoms with Gasteiger partial charge in [-0.25, -0.2) is 0 Å². The van der Waals surface area contributed by atoms with Crippen LogP contribution in [0.3, 0.4) is 0 Å². The molecule has 0 heterocycles. The van der Waals surface area contributed by atoms with Gasteiger partial charge < -0.3 is 20.1 Å². The molecule has 5 nitrogen and oxygen atoms in total. The first-order chi connectivity index (χ1) is 10.7. The van der Waals surface area contributed by atoms with E-state index < -0.39 is 0 Å². The Morgan fingerprint density at radius 3 is 2.55 bits per heavy atom. The summed E-state index contributed by atoms with van der Waals surface area (Å²) in [5.74, 6) is 2.23. The van der Waals surface area contributed by atoms with Crippen LogP contribution in [0.25, 0.3) is 0 Å². The van der Waals surface area contributed by atoms with Crippen LogP contribution in [0.15, 0.2) is 23.2 Å². The molecule has 0 atom stereocenters. The zero-order valence-corrected chi connectivity index (χ0v) is 13.8. The molecule has 122 valence electrons. The van der Waals surface area contributed by atoms with E-state index in [4.69, 9.17) is 15.2 Å². The molecule has 0 aliphatic heterocycles. The number of aliphatic imine (C=N–C) groups is 1. The summed E-state index contributed by atoms with van der Waals surface area (Å²) in [6.07, 6.45) is 3.29. The van der Waals surface area contributed by atoms with E-state index in [9.17, 15) is 0 Å². The zero-order valence-electron chi connectivity index (χ0n) is 13.8. The SMILES string of the molecule is CCOc1ccc(CCN=C(N)N(C)C2CC2)cc1OCC. The molecule has 0 unspecified atom stereocenters. The predicted molar refractivity (Wildman–Crippen MR) is 89.8 cm³/mol. The minimum atomic E-state index is 0.596. The van der Waals surface area contributed by atoms with Gasteiger partial charge in [0.1, 0.15) is 0 Å². The molecule has 0 amide bonds. The quantitative estimate of drug-likeness (QED) is 0.592. The molecule has 0 spiro atoms. The second-order valence-corrected chi connectivity index (χ2v) is 5.48. The van der Waals surface area contributed by atoms with E-state index in [-0.39, 0.29) is 0 Å². The predicted octanol–water partition coefficient (Wildman–Crippen LogP) is 2.44. The third-order valence-corrected chi connectivity index (χ3v) is 3.74. The van der Waals surface area contributed by atoms with Crippen LogP contribution in [-0.2, 0) is 6.42 Å². The molecule has 1 aliphatic carbocycles. The van der Waals surface area contributed by atoms with Crippen molar-refractivity contribution in [3.8, 4) is 11.5 Å². The summed E-state index contributed by atoms with van der Waals surface area (Å²) >= 11 is 0. The van der Waals surface area contributed by atoms with Gasteiger partial charge in [0.15, 0.2) is 17.5 Å². The summed E-state index contributed by atoms with van der Waals surface area (Å²) in [6, 6.07) is 6.65. The first-order valence-electron chi connectivity index (χ1n) is 8.07. The Morgan fingerprint density at radius 2 is 1.91 bits per heavy atom. The average Bonchev–Trinajstić information content (AvgIpc) is 3.34. The van der Waals surface area contributed by atoms with E-state index in [1.54, 1.807) is 0 Å². The Bertz CT molecular complexity index is 513. The molecular weight excluding hydrogens is 278 g/mol. The van der Waals surface area contributed by atoms with Gasteiger partial charge in [-0.2, -0.15) is 0 Å². The maximum atomic E-state index is 5.99. The highest BCUT2D eigenvalue weighted by Gasteiger charge is 2.27. The minimum Gasteiger partial charge on any atom is -0.490 e. The molecule has 1 aliphatic rings. The molecule has 0 bridgehead atoms. The van der Waals surface area contributed by atoms with Gasteiger partial charge in [-0.15, -0.1) is 0 Å². The van der Waals surface area contributed by atoms with Crippen molar-refractivity contribution in [2.75, 3.05) is 26.8 Å². The summed E-state index contributed by atoms with van der Waals surface area (Å²) in [7, 11) is 2.01. The van der Waals surface area contributed by atoms with Crippen LogP contribution in [0, 0.1) is 0 Å². The van der Waals surface area contributed by atoms with Gasteiger partial charge in [0, 0.05) is 19.6 Å². The van der Waals surface area contributed by atoms with Crippen LogP contribution >= 0.6 is 0 Å². The van der Waals surface area contributed by atoms with Crippen molar-refractivity contribution in [3.05, 3.63) is 23.8 Å². The fraction of sp³-hybridized carbons (Fsp3) is 0.588. The molecule has 5 heteroatoms. The van der Waals surface area contributed by atoms with Gasteiger partial charge in [-0.3, -0.25) is 4.99 Å². The lowest BCUT2D eigenvalue weighted by atomic mass is 10.1. The van der Waals surface area contributed by atoms with Crippen molar-refractivity contribution in [1.29, 1.82) is 0 Å². The second-order valence-electron chi connectivity index (χ2n) is 5.48. The number of benzene rings is 1. The lowest BCUT2D eigenvalue weighted by Gasteiger charge is -2.17. The molecule has 1 fully saturated rings. The molecule has 2 N–H and O–H groups in total. The van der Waals surface area contributed by atoms with Gasteiger partial charge in [-0.05, 0) is 50.8 Å². The number of hydrogen-bond acceptors (Lipinski definition) is 3. The van der Waals surface area contributed by atoms with Crippen LogP contribution in [-0.4, -0.2) is 43.7 Å². The molecule has 1 aromatic carbocycles. The van der Waals surface area contributed by atoms with E-state index in [2.05, 4.69) is 16.0 Å². The lowest BCUT2D eigenvalue weighted by Crippen LogP contribution is -2.35. The molecule has 0 aromatic heterocycles. The smallest absolute Gasteiger partial charge is 0.191 e. The average molecular weight is 305 g/mol. The van der Waals surface area contributed by atoms with Gasteiger partial charge in [0.05, 0.1) is 13.2 Å². The van der Waals surface area contributed by atoms with Gasteiger partial charge in [0.25, 0.3) is 0 Å². The fourth-order valence-electron chi connectivity index (χ4n) is 2.31. The Morgan fingerprint density at radius 1 is 1.23 bits per heavy atom. The third-order valence-electron chi connectivity index (χ3n) is 3.74. The van der Waals surface area contributed by atoms with Crippen LogP contribution in [0.5, 0.6) is 11.5 Å². The Hall–Kier alpha value is -1.91. The number of guanidine groups is 1. The monoisotopic (exact) mass is 305 g/mol. The third kappa shape index (κ3) is 4.55. The van der Waals surface area contributed by atoms with Crippen LogP contribution < -0.4 is 15.2 Å². The van der Waals surface area contributed by atoms with E-state index >= 15 is 0 Å². The van der Waals surface area contributed by atoms with Crippen molar-refractivity contribution < 1.29 is 9.47 Å². The highest BCUT2D eigenvalue weighted by atomic mass is 16.5. The van der Waals surface area contributed by atoms with Gasteiger partial charge in [0.2, 0.25) is 0 Å². The summed E-state index contributed by atoms with van der Waals surface area (Å²) in [4.78, 5) is 6.54. The topological polar surface area (TPSA) is 60.1 Å². The molecule has 2 rings (SSSR count). The summed E-state index contributed by atoms with van der Waals surface area (Å²) in [6.45, 7) is 5.88. The second kappa shape index (κ2) is 7.92. The molecule has 1 saturated carbocycles. The van der Waals surface area contributed by atoms with E-state index in [1.807, 2.05) is 33.0 Å². The minimum absolute atomic E-state index is 0.596. The fourth-order valence-corrected chi connectivity index (χ4v) is 2.31. The largest absolute Gasteiger partial charge is 0.490 e. The molecule has 1 aromatic rings. The van der Waals surface area contributed by atoms with Crippen LogP contribution in [0.1, 0.15) is 32.3 Å². The van der Waals surface area contributed by atoms with Crippen molar-refractivity contribution >= 4 is 5.96 Å². The Balaban J connectivity index is 1.94. The maximum absolute atomic E-state index is 5.99. The first kappa shape index (κ1) is 16.5. The maximum Gasteiger partial charge on any atom is 0.191 e. The molecular formula is C17H27N3O2. The first-order valence-corrected chi connectivity index (χ1v) is 8.07. The summed E-state index contributed by atoms with van der Waals surface area (Å²) in [5.41, 5.74) is 7.17. The molecule has 0 radical (unpaired) electrons. The highest BCUT2D eigenvalue weighted by Crippen LogP contribution is 2.28. The highest BCUT2D eigenvalue weighted by molar-refractivity contribution is 5.78. The van der Waals surface area contributed by atoms with Crippen molar-refractivity contribution in [2.24, 2.45) is 10.7 Å². The number of nitrogens with two attached hydrogens (primary N) is 1. The molecule has 0 saturated heterocycles. The standard InChI is InChI=1S/C17H27N3O2/c1-4-21-15-9-6-13(12-16(15)22-5-2)10-11-19-17(18)20(3)14-7-8-14/h6,9,12,14H,4-5,7-8,10-11H2,1-3H3,(H2,18,19). The van der Waals surface area contributed by atoms with Crippen LogP contribution in [0.2, 0.25) is 0 Å². The zero-order chi connectivity index (χ0) is 15.9. The number of hydrogen-bond donors (Lipinski definition) is 1. The van der Waals surface area contributed by atoms with Crippen LogP contribution in [0.4, 0.5) is 0 Å². The number of rotatable bonds is 8. The summed E-state index contributed by atoms with van der Waals surface area (Å²) in [5, 5.41) is 0. The van der Waals surface area contributed by atoms with E-state index in [1.165, 1.54) is 18.4 Å². The van der Waals surface area contributed by atoms with Crippen molar-refractivity contribution in [1.82, 2.24) is 4.90 Å². The van der Waals surface area contributed by atoms with Crippen molar-refractivity contribution in [3.63, 3.8) is 0 Å². The lowest BCUT2D eigenvalue weighted by molar-refractivity contribution is 0.287.